The molecule has 0 atom stereocenters. The molecule has 0 rings (SSSR count). The normalized spacial score (nSPS) is 13.5. The Morgan fingerprint density at radius 3 is 2.27 bits per heavy atom. The summed E-state index contributed by atoms with van der Waals surface area (Å²) in [5, 5.41) is 3.36. The molecule has 0 aromatic rings. The van der Waals surface area contributed by atoms with Gasteiger partial charge in [-0.05, 0) is 27.2 Å². The highest BCUT2D eigenvalue weighted by molar-refractivity contribution is 5.04. The monoisotopic (exact) mass is 153 g/mol. The molecule has 0 aromatic heterocycles. The smallest absolute Gasteiger partial charge is 0.0354 e. The van der Waals surface area contributed by atoms with E-state index < -0.39 is 0 Å². The molecule has 0 unspecified atom stereocenters. The Morgan fingerprint density at radius 1 is 1.27 bits per heavy atom. The fraction of sp³-hybridized carbons (Fsp3) is 0.600. The van der Waals surface area contributed by atoms with Gasteiger partial charge in [0.1, 0.15) is 0 Å². The van der Waals surface area contributed by atoms with Crippen LogP contribution in [-0.4, -0.2) is 6.54 Å². The van der Waals surface area contributed by atoms with Gasteiger partial charge in [-0.1, -0.05) is 24.6 Å². The molecule has 0 aliphatic rings. The molecule has 1 heteroatoms. The molecule has 0 fully saturated rings. The largest absolute Gasteiger partial charge is 0.385 e. The van der Waals surface area contributed by atoms with E-state index in [1.807, 2.05) is 0 Å². The highest BCUT2D eigenvalue weighted by atomic mass is 14.9. The van der Waals surface area contributed by atoms with Gasteiger partial charge in [0, 0.05) is 12.2 Å². The molecule has 11 heavy (non-hydrogen) atoms. The summed E-state index contributed by atoms with van der Waals surface area (Å²) in [5.74, 6) is 0. The van der Waals surface area contributed by atoms with Crippen LogP contribution in [0, 0.1) is 0 Å². The van der Waals surface area contributed by atoms with Gasteiger partial charge in [0.2, 0.25) is 0 Å². The first-order chi connectivity index (χ1) is 5.24. The topological polar surface area (TPSA) is 12.0 Å². The maximum atomic E-state index is 3.36. The van der Waals surface area contributed by atoms with E-state index >= 15 is 0 Å². The zero-order valence-electron chi connectivity index (χ0n) is 8.07. The summed E-state index contributed by atoms with van der Waals surface area (Å²) in [6, 6.07) is 0. The molecule has 0 saturated carbocycles. The summed E-state index contributed by atoms with van der Waals surface area (Å²) in [6.45, 7) is 9.41. The average molecular weight is 153 g/mol. The maximum absolute atomic E-state index is 3.36. The Kier molecular flexibility index (Phi) is 5.63. The summed E-state index contributed by atoms with van der Waals surface area (Å²) in [5.41, 5.74) is 2.71. The number of nitrogens with one attached hydrogen (secondary N) is 1. The van der Waals surface area contributed by atoms with Gasteiger partial charge in [-0.2, -0.15) is 0 Å². The molecule has 0 bridgehead atoms. The molecular weight excluding hydrogens is 134 g/mol. The van der Waals surface area contributed by atoms with E-state index in [2.05, 4.69) is 45.2 Å². The Labute approximate surface area is 70.2 Å². The van der Waals surface area contributed by atoms with Crippen molar-refractivity contribution in [3.63, 3.8) is 0 Å². The Hall–Kier alpha value is -0.720. The van der Waals surface area contributed by atoms with E-state index in [1.165, 1.54) is 11.3 Å². The minimum Gasteiger partial charge on any atom is -0.385 e. The van der Waals surface area contributed by atoms with Gasteiger partial charge < -0.3 is 5.32 Å². The fourth-order valence-electron chi connectivity index (χ4n) is 0.786. The van der Waals surface area contributed by atoms with Crippen LogP contribution in [-0.2, 0) is 0 Å². The average Bonchev–Trinajstić information content (AvgIpc) is 2.06. The van der Waals surface area contributed by atoms with Crippen LogP contribution in [0.4, 0.5) is 0 Å². The molecule has 0 heterocycles. The maximum Gasteiger partial charge on any atom is 0.0354 e. The van der Waals surface area contributed by atoms with Crippen LogP contribution in [0.2, 0.25) is 0 Å². The highest BCUT2D eigenvalue weighted by Crippen LogP contribution is 1.96. The molecule has 1 nitrogen and oxygen atoms in total. The van der Waals surface area contributed by atoms with Crippen molar-refractivity contribution in [1.29, 1.82) is 0 Å². The Morgan fingerprint density at radius 2 is 1.91 bits per heavy atom. The van der Waals surface area contributed by atoms with Crippen molar-refractivity contribution in [3.05, 3.63) is 23.4 Å². The van der Waals surface area contributed by atoms with Gasteiger partial charge in [0.25, 0.3) is 0 Å². The van der Waals surface area contributed by atoms with Gasteiger partial charge in [-0.3, -0.25) is 0 Å². The molecule has 0 aliphatic heterocycles. The van der Waals surface area contributed by atoms with E-state index in [4.69, 9.17) is 0 Å². The van der Waals surface area contributed by atoms with Crippen molar-refractivity contribution >= 4 is 0 Å². The summed E-state index contributed by atoms with van der Waals surface area (Å²) in [6.07, 6.45) is 5.35. The third kappa shape index (κ3) is 4.65. The lowest BCUT2D eigenvalue weighted by Gasteiger charge is -2.07. The predicted molar refractivity (Wildman–Crippen MR) is 51.5 cm³/mol. The number of rotatable bonds is 4. The molecule has 64 valence electrons. The number of hydrogen-bond donors (Lipinski definition) is 1. The van der Waals surface area contributed by atoms with Crippen molar-refractivity contribution in [2.24, 2.45) is 0 Å². The zero-order valence-corrected chi connectivity index (χ0v) is 8.07. The lowest BCUT2D eigenvalue weighted by atomic mass is 10.2. The first kappa shape index (κ1) is 10.3. The molecule has 0 amide bonds. The van der Waals surface area contributed by atoms with E-state index in [0.29, 0.717) is 0 Å². The summed E-state index contributed by atoms with van der Waals surface area (Å²) >= 11 is 0. The number of hydrogen-bond acceptors (Lipinski definition) is 1. The number of allylic oxidation sites excluding steroid dienone is 3. The molecule has 1 N–H and O–H groups in total. The van der Waals surface area contributed by atoms with Crippen LogP contribution in [0.25, 0.3) is 0 Å². The standard InChI is InChI=1S/C10H19N/c1-5-9(4)8-11-10(6-2)7-3/h5-6,11H,7-8H2,1-4H3/b9-5?,10-6+. The third-order valence-electron chi connectivity index (χ3n) is 1.82. The van der Waals surface area contributed by atoms with Crippen molar-refractivity contribution in [1.82, 2.24) is 5.32 Å². The van der Waals surface area contributed by atoms with Crippen LogP contribution in [0.3, 0.4) is 0 Å². The van der Waals surface area contributed by atoms with Crippen molar-refractivity contribution in [2.45, 2.75) is 34.1 Å². The second kappa shape index (κ2) is 6.02. The van der Waals surface area contributed by atoms with E-state index in [9.17, 15) is 0 Å². The van der Waals surface area contributed by atoms with Crippen molar-refractivity contribution < 1.29 is 0 Å². The fourth-order valence-corrected chi connectivity index (χ4v) is 0.786. The first-order valence-corrected chi connectivity index (χ1v) is 4.25. The van der Waals surface area contributed by atoms with Gasteiger partial charge in [-0.15, -0.1) is 0 Å². The van der Waals surface area contributed by atoms with Gasteiger partial charge in [-0.25, -0.2) is 0 Å². The van der Waals surface area contributed by atoms with Crippen LogP contribution in [0.15, 0.2) is 23.4 Å². The minimum absolute atomic E-state index is 0.976. The highest BCUT2D eigenvalue weighted by Gasteiger charge is 1.90. The van der Waals surface area contributed by atoms with Crippen LogP contribution < -0.4 is 5.32 Å². The van der Waals surface area contributed by atoms with E-state index in [0.717, 1.165) is 13.0 Å². The van der Waals surface area contributed by atoms with Crippen LogP contribution in [0.1, 0.15) is 34.1 Å². The van der Waals surface area contributed by atoms with Gasteiger partial charge >= 0.3 is 0 Å². The van der Waals surface area contributed by atoms with E-state index in [1.54, 1.807) is 0 Å². The Balaban J connectivity index is 3.69. The van der Waals surface area contributed by atoms with Crippen molar-refractivity contribution in [2.75, 3.05) is 6.54 Å². The summed E-state index contributed by atoms with van der Waals surface area (Å²) < 4.78 is 0. The first-order valence-electron chi connectivity index (χ1n) is 4.25. The van der Waals surface area contributed by atoms with Gasteiger partial charge in [0.15, 0.2) is 0 Å². The van der Waals surface area contributed by atoms with Crippen LogP contribution in [0.5, 0.6) is 0 Å². The SMILES string of the molecule is CC=C(C)CN/C(=C/C)CC. The quantitative estimate of drug-likeness (QED) is 0.612. The molecule has 0 radical (unpaired) electrons. The van der Waals surface area contributed by atoms with Crippen LogP contribution >= 0.6 is 0 Å². The molecule has 0 aromatic carbocycles. The molecule has 0 aliphatic carbocycles. The predicted octanol–water partition coefficient (Wildman–Crippen LogP) is 2.86. The molecule has 0 spiro atoms. The van der Waals surface area contributed by atoms with E-state index in [-0.39, 0.29) is 0 Å². The second-order valence-electron chi connectivity index (χ2n) is 2.66. The van der Waals surface area contributed by atoms with Crippen molar-refractivity contribution in [3.8, 4) is 0 Å². The summed E-state index contributed by atoms with van der Waals surface area (Å²) in [7, 11) is 0. The second-order valence-corrected chi connectivity index (χ2v) is 2.66. The Bertz CT molecular complexity index is 154. The molecular formula is C10H19N. The van der Waals surface area contributed by atoms with Gasteiger partial charge in [0.05, 0.1) is 0 Å². The zero-order chi connectivity index (χ0) is 8.69. The third-order valence-corrected chi connectivity index (χ3v) is 1.82. The molecule has 0 saturated heterocycles. The lowest BCUT2D eigenvalue weighted by molar-refractivity contribution is 0.816. The summed E-state index contributed by atoms with van der Waals surface area (Å²) in [4.78, 5) is 0. The lowest BCUT2D eigenvalue weighted by Crippen LogP contribution is -2.14. The minimum atomic E-state index is 0.976.